The van der Waals surface area contributed by atoms with Gasteiger partial charge in [-0.3, -0.25) is 24.8 Å². The number of nitrogens with zero attached hydrogens (tertiary/aromatic N) is 1. The zero-order valence-electron chi connectivity index (χ0n) is 17.8. The van der Waals surface area contributed by atoms with Crippen molar-refractivity contribution >= 4 is 34.1 Å². The van der Waals surface area contributed by atoms with Crippen LogP contribution in [0.15, 0.2) is 52.1 Å². The van der Waals surface area contributed by atoms with Crippen molar-refractivity contribution in [2.75, 3.05) is 10.6 Å². The van der Waals surface area contributed by atoms with Gasteiger partial charge in [-0.15, -0.1) is 0 Å². The molecule has 2 aromatic carbocycles. The smallest absolute Gasteiger partial charge is 0.412 e. The van der Waals surface area contributed by atoms with Crippen LogP contribution >= 0.6 is 0 Å². The number of carbonyl (C=O) groups is 2. The summed E-state index contributed by atoms with van der Waals surface area (Å²) in [5, 5.41) is 7.91. The Morgan fingerprint density at radius 1 is 1.03 bits per heavy atom. The van der Waals surface area contributed by atoms with E-state index in [2.05, 4.69) is 15.7 Å². The van der Waals surface area contributed by atoms with Gasteiger partial charge in [0, 0.05) is 6.42 Å². The van der Waals surface area contributed by atoms with E-state index >= 15 is 0 Å². The molecule has 0 aliphatic rings. The number of H-pyrrole nitrogens is 1. The van der Waals surface area contributed by atoms with Crippen LogP contribution in [-0.4, -0.2) is 27.4 Å². The largest absolute Gasteiger partial charge is 0.444 e. The van der Waals surface area contributed by atoms with E-state index in [4.69, 9.17) is 4.74 Å². The number of ether oxygens (including phenoxy) is 1. The number of nitrogens with one attached hydrogen (secondary N) is 3. The first-order valence-corrected chi connectivity index (χ1v) is 9.85. The maximum atomic E-state index is 13.7. The van der Waals surface area contributed by atoms with E-state index < -0.39 is 34.5 Å². The number of amides is 2. The van der Waals surface area contributed by atoms with Crippen LogP contribution in [-0.2, 0) is 16.1 Å². The van der Waals surface area contributed by atoms with Crippen molar-refractivity contribution in [3.63, 3.8) is 0 Å². The quantitative estimate of drug-likeness (QED) is 0.560. The molecule has 32 heavy (non-hydrogen) atoms. The highest BCUT2D eigenvalue weighted by Gasteiger charge is 2.18. The van der Waals surface area contributed by atoms with Crippen molar-refractivity contribution in [2.24, 2.45) is 0 Å². The number of aromatic amines is 1. The van der Waals surface area contributed by atoms with E-state index in [1.165, 1.54) is 18.2 Å². The van der Waals surface area contributed by atoms with Gasteiger partial charge in [0.2, 0.25) is 5.91 Å². The lowest BCUT2D eigenvalue weighted by Crippen LogP contribution is -2.31. The summed E-state index contributed by atoms with van der Waals surface area (Å²) in [5.41, 5.74) is -1.46. The minimum absolute atomic E-state index is 0.0280. The first-order valence-electron chi connectivity index (χ1n) is 9.85. The highest BCUT2D eigenvalue weighted by molar-refractivity contribution is 5.97. The maximum absolute atomic E-state index is 13.7. The molecule has 0 saturated heterocycles. The Hall–Kier alpha value is -3.95. The Balaban J connectivity index is 1.73. The van der Waals surface area contributed by atoms with Crippen LogP contribution < -0.4 is 21.8 Å². The molecular weight excluding hydrogens is 419 g/mol. The van der Waals surface area contributed by atoms with Gasteiger partial charge in [0.15, 0.2) is 0 Å². The Morgan fingerprint density at radius 2 is 1.72 bits per heavy atom. The minimum atomic E-state index is -0.764. The highest BCUT2D eigenvalue weighted by atomic mass is 19.1. The average Bonchev–Trinajstić information content (AvgIpc) is 2.70. The van der Waals surface area contributed by atoms with Crippen LogP contribution in [0.2, 0.25) is 0 Å². The van der Waals surface area contributed by atoms with Crippen molar-refractivity contribution in [3.8, 4) is 0 Å². The molecular formula is C22H23FN4O5. The van der Waals surface area contributed by atoms with Gasteiger partial charge < -0.3 is 10.1 Å². The normalized spacial score (nSPS) is 11.2. The second-order valence-corrected chi connectivity index (χ2v) is 8.06. The predicted octanol–water partition coefficient (Wildman–Crippen LogP) is 3.20. The van der Waals surface area contributed by atoms with E-state index in [0.29, 0.717) is 0 Å². The van der Waals surface area contributed by atoms with Gasteiger partial charge in [-0.25, -0.2) is 13.9 Å². The van der Waals surface area contributed by atoms with Gasteiger partial charge in [0.25, 0.3) is 11.1 Å². The van der Waals surface area contributed by atoms with Gasteiger partial charge in [-0.1, -0.05) is 12.1 Å². The monoisotopic (exact) mass is 442 g/mol. The van der Waals surface area contributed by atoms with Gasteiger partial charge in [0.05, 0.1) is 28.7 Å². The second-order valence-electron chi connectivity index (χ2n) is 8.06. The molecule has 2 amide bonds. The zero-order chi connectivity index (χ0) is 23.5. The van der Waals surface area contributed by atoms with Crippen molar-refractivity contribution in [1.82, 2.24) is 9.78 Å². The Bertz CT molecular complexity index is 1290. The first-order chi connectivity index (χ1) is 15.0. The van der Waals surface area contributed by atoms with Crippen molar-refractivity contribution in [3.05, 3.63) is 69.0 Å². The van der Waals surface area contributed by atoms with Crippen molar-refractivity contribution < 1.29 is 18.7 Å². The summed E-state index contributed by atoms with van der Waals surface area (Å²) >= 11 is 0. The number of carbonyl (C=O) groups excluding carboxylic acids is 2. The van der Waals surface area contributed by atoms with Crippen LogP contribution in [0.1, 0.15) is 27.2 Å². The van der Waals surface area contributed by atoms with Gasteiger partial charge in [0.1, 0.15) is 11.4 Å². The molecule has 1 aromatic heterocycles. The molecule has 168 valence electrons. The zero-order valence-corrected chi connectivity index (χ0v) is 17.8. The van der Waals surface area contributed by atoms with E-state index in [-0.39, 0.29) is 35.1 Å². The lowest BCUT2D eigenvalue weighted by Gasteiger charge is -2.20. The Kier molecular flexibility index (Phi) is 6.42. The van der Waals surface area contributed by atoms with E-state index in [0.717, 1.165) is 16.8 Å². The molecule has 9 nitrogen and oxygen atoms in total. The SMILES string of the molecule is CC(C)(C)OC(=O)Nc1ccc(F)cc1NC(=O)CCn1[nH]c(=O)c2ccccc2c1=O. The molecule has 3 aromatic rings. The van der Waals surface area contributed by atoms with Crippen LogP contribution in [0, 0.1) is 5.82 Å². The Morgan fingerprint density at radius 3 is 2.41 bits per heavy atom. The molecule has 0 fully saturated rings. The number of halogens is 1. The molecule has 3 rings (SSSR count). The molecule has 0 aliphatic heterocycles. The summed E-state index contributed by atoms with van der Waals surface area (Å²) < 4.78 is 19.9. The molecule has 0 saturated carbocycles. The lowest BCUT2D eigenvalue weighted by atomic mass is 10.2. The van der Waals surface area contributed by atoms with Gasteiger partial charge in [-0.2, -0.15) is 0 Å². The third-order valence-electron chi connectivity index (χ3n) is 4.34. The van der Waals surface area contributed by atoms with E-state index in [9.17, 15) is 23.6 Å². The highest BCUT2D eigenvalue weighted by Crippen LogP contribution is 2.24. The maximum Gasteiger partial charge on any atom is 0.412 e. The molecule has 0 unspecified atom stereocenters. The molecule has 0 bridgehead atoms. The van der Waals surface area contributed by atoms with E-state index in [1.54, 1.807) is 32.9 Å². The number of aromatic nitrogens is 2. The molecule has 10 heteroatoms. The Labute approximate surface area is 182 Å². The molecule has 0 radical (unpaired) electrons. The number of hydrogen-bond donors (Lipinski definition) is 3. The van der Waals surface area contributed by atoms with Crippen molar-refractivity contribution in [2.45, 2.75) is 39.3 Å². The average molecular weight is 442 g/mol. The summed E-state index contributed by atoms with van der Waals surface area (Å²) in [6.07, 6.45) is -0.948. The van der Waals surface area contributed by atoms with Gasteiger partial charge >= 0.3 is 6.09 Å². The summed E-state index contributed by atoms with van der Waals surface area (Å²) in [5.74, 6) is -1.17. The summed E-state index contributed by atoms with van der Waals surface area (Å²) in [7, 11) is 0. The molecule has 0 spiro atoms. The summed E-state index contributed by atoms with van der Waals surface area (Å²) in [4.78, 5) is 49.2. The minimum Gasteiger partial charge on any atom is -0.444 e. The standard InChI is InChI=1S/C22H23FN4O5/c1-22(2,3)32-21(31)25-16-9-8-13(23)12-17(16)24-18(28)10-11-27-20(30)15-7-5-4-6-14(15)19(29)26-27/h4-9,12H,10-11H2,1-3H3,(H,24,28)(H,25,31)(H,26,29). The fourth-order valence-electron chi connectivity index (χ4n) is 2.97. The fourth-order valence-corrected chi connectivity index (χ4v) is 2.97. The predicted molar refractivity (Wildman–Crippen MR) is 118 cm³/mol. The molecule has 3 N–H and O–H groups in total. The first kappa shape index (κ1) is 22.7. The van der Waals surface area contributed by atoms with Crippen molar-refractivity contribution in [1.29, 1.82) is 0 Å². The number of benzene rings is 2. The number of anilines is 2. The second kappa shape index (κ2) is 9.04. The third-order valence-corrected chi connectivity index (χ3v) is 4.34. The lowest BCUT2D eigenvalue weighted by molar-refractivity contribution is -0.116. The topological polar surface area (TPSA) is 122 Å². The van der Waals surface area contributed by atoms with Crippen LogP contribution in [0.3, 0.4) is 0 Å². The van der Waals surface area contributed by atoms with Crippen LogP contribution in [0.25, 0.3) is 10.8 Å². The molecule has 0 aliphatic carbocycles. The van der Waals surface area contributed by atoms with Crippen LogP contribution in [0.4, 0.5) is 20.6 Å². The molecule has 0 atom stereocenters. The number of hydrogen-bond acceptors (Lipinski definition) is 5. The molecule has 1 heterocycles. The third kappa shape index (κ3) is 5.60. The van der Waals surface area contributed by atoms with Gasteiger partial charge in [-0.05, 0) is 51.1 Å². The summed E-state index contributed by atoms with van der Waals surface area (Å²) in [6.45, 7) is 4.98. The summed E-state index contributed by atoms with van der Waals surface area (Å²) in [6, 6.07) is 9.83. The van der Waals surface area contributed by atoms with E-state index in [1.807, 2.05) is 0 Å². The fraction of sp³-hybridized carbons (Fsp3) is 0.273. The van der Waals surface area contributed by atoms with Crippen LogP contribution in [0.5, 0.6) is 0 Å². The number of fused-ring (bicyclic) bond motifs is 1. The number of aryl methyl sites for hydroxylation is 1. The number of rotatable bonds is 5.